The molecule has 0 radical (unpaired) electrons. The van der Waals surface area contributed by atoms with Crippen molar-refractivity contribution < 1.29 is 23.9 Å². The van der Waals surface area contributed by atoms with Crippen molar-refractivity contribution in [1.82, 2.24) is 10.3 Å². The van der Waals surface area contributed by atoms with Crippen LogP contribution < -0.4 is 10.6 Å². The fourth-order valence-corrected chi connectivity index (χ4v) is 2.91. The molecule has 0 spiro atoms. The van der Waals surface area contributed by atoms with Gasteiger partial charge in [-0.2, -0.15) is 0 Å². The predicted molar refractivity (Wildman–Crippen MR) is 106 cm³/mol. The Morgan fingerprint density at radius 3 is 2.62 bits per heavy atom. The van der Waals surface area contributed by atoms with Crippen LogP contribution in [0.15, 0.2) is 42.6 Å². The first-order chi connectivity index (χ1) is 14.1. The van der Waals surface area contributed by atoms with E-state index in [9.17, 15) is 14.4 Å². The number of nitrogens with zero attached hydrogens (tertiary/aromatic N) is 1. The largest absolute Gasteiger partial charge is 0.462 e. The molecule has 0 aliphatic carbocycles. The summed E-state index contributed by atoms with van der Waals surface area (Å²) in [5.74, 6) is -1.16. The number of anilines is 1. The highest BCUT2D eigenvalue weighted by Crippen LogP contribution is 2.13. The van der Waals surface area contributed by atoms with Gasteiger partial charge in [-0.05, 0) is 56.2 Å². The average Bonchev–Trinajstić information content (AvgIpc) is 3.26. The third-order valence-electron chi connectivity index (χ3n) is 4.42. The number of hydrogen-bond donors (Lipinski definition) is 2. The fourth-order valence-electron chi connectivity index (χ4n) is 2.91. The summed E-state index contributed by atoms with van der Waals surface area (Å²) < 4.78 is 10.4. The second kappa shape index (κ2) is 9.79. The number of amides is 2. The Bertz CT molecular complexity index is 876. The first-order valence-corrected chi connectivity index (χ1v) is 9.51. The van der Waals surface area contributed by atoms with Gasteiger partial charge in [0.25, 0.3) is 11.8 Å². The van der Waals surface area contributed by atoms with E-state index >= 15 is 0 Å². The molecule has 152 valence electrons. The van der Waals surface area contributed by atoms with Gasteiger partial charge in [-0.15, -0.1) is 0 Å². The number of pyridine rings is 1. The van der Waals surface area contributed by atoms with Crippen LogP contribution in [0.25, 0.3) is 0 Å². The molecule has 1 saturated heterocycles. The summed E-state index contributed by atoms with van der Waals surface area (Å²) in [4.78, 5) is 40.5. The SMILES string of the molecule is CCOC(=O)c1ccc(NC(=O)c2cc(C(=O)NCC3CCCO3)ccn2)cc1. The number of carbonyl (C=O) groups is 3. The lowest BCUT2D eigenvalue weighted by Crippen LogP contribution is -2.32. The van der Waals surface area contributed by atoms with E-state index < -0.39 is 11.9 Å². The maximum Gasteiger partial charge on any atom is 0.338 e. The highest BCUT2D eigenvalue weighted by atomic mass is 16.5. The van der Waals surface area contributed by atoms with Crippen LogP contribution in [0.4, 0.5) is 5.69 Å². The van der Waals surface area contributed by atoms with Gasteiger partial charge in [-0.1, -0.05) is 0 Å². The van der Waals surface area contributed by atoms with Gasteiger partial charge in [-0.3, -0.25) is 14.6 Å². The molecular formula is C21H23N3O5. The van der Waals surface area contributed by atoms with Gasteiger partial charge in [0.05, 0.1) is 18.3 Å². The third kappa shape index (κ3) is 5.61. The zero-order chi connectivity index (χ0) is 20.6. The van der Waals surface area contributed by atoms with Crippen molar-refractivity contribution in [1.29, 1.82) is 0 Å². The number of aromatic nitrogens is 1. The minimum Gasteiger partial charge on any atom is -0.462 e. The molecule has 8 nitrogen and oxygen atoms in total. The van der Waals surface area contributed by atoms with Crippen molar-refractivity contribution in [2.75, 3.05) is 25.1 Å². The van der Waals surface area contributed by atoms with Crippen LogP contribution in [0.1, 0.15) is 51.0 Å². The number of ether oxygens (including phenoxy) is 2. The lowest BCUT2D eigenvalue weighted by Gasteiger charge is -2.11. The van der Waals surface area contributed by atoms with Gasteiger partial charge in [0, 0.05) is 30.6 Å². The predicted octanol–water partition coefficient (Wildman–Crippen LogP) is 2.42. The maximum absolute atomic E-state index is 12.5. The Balaban J connectivity index is 1.60. The summed E-state index contributed by atoms with van der Waals surface area (Å²) in [6, 6.07) is 9.32. The standard InChI is InChI=1S/C21H23N3O5/c1-2-28-21(27)14-5-7-16(8-6-14)24-20(26)18-12-15(9-10-22-18)19(25)23-13-17-4-3-11-29-17/h5-10,12,17H,2-4,11,13H2,1H3,(H,23,25)(H,24,26). The molecule has 29 heavy (non-hydrogen) atoms. The molecule has 0 saturated carbocycles. The number of benzene rings is 1. The van der Waals surface area contributed by atoms with Crippen LogP contribution in [-0.4, -0.2) is 48.6 Å². The molecule has 2 amide bonds. The zero-order valence-electron chi connectivity index (χ0n) is 16.1. The van der Waals surface area contributed by atoms with Crippen LogP contribution in [0.3, 0.4) is 0 Å². The topological polar surface area (TPSA) is 107 Å². The molecule has 1 atom stereocenters. The van der Waals surface area contributed by atoms with E-state index in [1.54, 1.807) is 37.3 Å². The maximum atomic E-state index is 12.5. The smallest absolute Gasteiger partial charge is 0.338 e. The Morgan fingerprint density at radius 2 is 1.93 bits per heavy atom. The van der Waals surface area contributed by atoms with E-state index in [0.717, 1.165) is 19.4 Å². The number of esters is 1. The summed E-state index contributed by atoms with van der Waals surface area (Å²) in [6.45, 7) is 3.19. The highest BCUT2D eigenvalue weighted by molar-refractivity contribution is 6.05. The second-order valence-corrected chi connectivity index (χ2v) is 6.53. The summed E-state index contributed by atoms with van der Waals surface area (Å²) in [7, 11) is 0. The normalized spacial score (nSPS) is 15.6. The van der Waals surface area contributed by atoms with Crippen LogP contribution in [0.2, 0.25) is 0 Å². The first kappa shape index (κ1) is 20.5. The van der Waals surface area contributed by atoms with Crippen LogP contribution >= 0.6 is 0 Å². The van der Waals surface area contributed by atoms with Crippen molar-refractivity contribution in [2.45, 2.75) is 25.9 Å². The van der Waals surface area contributed by atoms with Crippen molar-refractivity contribution in [3.63, 3.8) is 0 Å². The minimum absolute atomic E-state index is 0.0427. The summed E-state index contributed by atoms with van der Waals surface area (Å²) >= 11 is 0. The van der Waals surface area contributed by atoms with Crippen molar-refractivity contribution in [2.24, 2.45) is 0 Å². The Kier molecular flexibility index (Phi) is 6.91. The molecule has 1 aromatic heterocycles. The molecular weight excluding hydrogens is 374 g/mol. The quantitative estimate of drug-likeness (QED) is 0.695. The molecule has 1 fully saturated rings. The van der Waals surface area contributed by atoms with Gasteiger partial charge in [0.2, 0.25) is 0 Å². The Morgan fingerprint density at radius 1 is 1.14 bits per heavy atom. The molecule has 0 bridgehead atoms. The molecule has 1 aliphatic heterocycles. The first-order valence-electron chi connectivity index (χ1n) is 9.51. The van der Waals surface area contributed by atoms with Gasteiger partial charge >= 0.3 is 5.97 Å². The van der Waals surface area contributed by atoms with Gasteiger partial charge < -0.3 is 20.1 Å². The molecule has 2 N–H and O–H groups in total. The summed E-state index contributed by atoms with van der Waals surface area (Å²) in [5.41, 5.74) is 1.36. The van der Waals surface area contributed by atoms with Crippen LogP contribution in [0, 0.1) is 0 Å². The van der Waals surface area contributed by atoms with Crippen molar-refractivity contribution in [3.05, 3.63) is 59.4 Å². The van der Waals surface area contributed by atoms with Gasteiger partial charge in [0.15, 0.2) is 0 Å². The fraction of sp³-hybridized carbons (Fsp3) is 0.333. The third-order valence-corrected chi connectivity index (χ3v) is 4.42. The number of nitrogens with one attached hydrogen (secondary N) is 2. The molecule has 2 aromatic rings. The van der Waals surface area contributed by atoms with Crippen LogP contribution in [0.5, 0.6) is 0 Å². The van der Waals surface area contributed by atoms with Crippen molar-refractivity contribution in [3.8, 4) is 0 Å². The van der Waals surface area contributed by atoms with E-state index in [4.69, 9.17) is 9.47 Å². The Labute approximate surface area is 168 Å². The van der Waals surface area contributed by atoms with Gasteiger partial charge in [-0.25, -0.2) is 4.79 Å². The number of carbonyl (C=O) groups excluding carboxylic acids is 3. The van der Waals surface area contributed by atoms with Gasteiger partial charge in [0.1, 0.15) is 5.69 Å². The second-order valence-electron chi connectivity index (χ2n) is 6.53. The average molecular weight is 397 g/mol. The summed E-state index contributed by atoms with van der Waals surface area (Å²) in [5, 5.41) is 5.51. The molecule has 1 unspecified atom stereocenters. The highest BCUT2D eigenvalue weighted by Gasteiger charge is 2.17. The lowest BCUT2D eigenvalue weighted by atomic mass is 10.2. The zero-order valence-corrected chi connectivity index (χ0v) is 16.1. The van der Waals surface area contributed by atoms with E-state index in [-0.39, 0.29) is 17.7 Å². The lowest BCUT2D eigenvalue weighted by molar-refractivity contribution is 0.0526. The molecule has 1 aliphatic rings. The van der Waals surface area contributed by atoms with E-state index in [1.165, 1.54) is 12.3 Å². The van der Waals surface area contributed by atoms with E-state index in [0.29, 0.717) is 30.0 Å². The van der Waals surface area contributed by atoms with E-state index in [2.05, 4.69) is 15.6 Å². The molecule has 8 heteroatoms. The van der Waals surface area contributed by atoms with Crippen LogP contribution in [-0.2, 0) is 9.47 Å². The monoisotopic (exact) mass is 397 g/mol. The molecule has 3 rings (SSSR count). The minimum atomic E-state index is -0.456. The molecule has 1 aromatic carbocycles. The number of hydrogen-bond acceptors (Lipinski definition) is 6. The summed E-state index contributed by atoms with van der Waals surface area (Å²) in [6.07, 6.45) is 3.39. The number of rotatable bonds is 7. The Hall–Kier alpha value is -3.26. The van der Waals surface area contributed by atoms with Crippen molar-refractivity contribution >= 4 is 23.5 Å². The van der Waals surface area contributed by atoms with E-state index in [1.807, 2.05) is 0 Å². The molecule has 2 heterocycles.